The van der Waals surface area contributed by atoms with Gasteiger partial charge in [-0.15, -0.1) is 0 Å². The Bertz CT molecular complexity index is 1530. The first-order valence-corrected chi connectivity index (χ1v) is 13.6. The number of rotatable bonds is 10. The molecule has 0 saturated carbocycles. The Kier molecular flexibility index (Phi) is 9.15. The second-order valence-electron chi connectivity index (χ2n) is 8.11. The molecule has 0 spiro atoms. The molecule has 10 heteroatoms. The first kappa shape index (κ1) is 27.3. The second kappa shape index (κ2) is 12.7. The Balaban J connectivity index is 1.48. The zero-order valence-corrected chi connectivity index (χ0v) is 22.3. The molecule has 194 valence electrons. The van der Waals surface area contributed by atoms with E-state index in [2.05, 4.69) is 10.5 Å². The third-order valence-electron chi connectivity index (χ3n) is 5.27. The number of hydrogen-bond donors (Lipinski definition) is 1. The summed E-state index contributed by atoms with van der Waals surface area (Å²) < 4.78 is 33.8. The molecule has 0 atom stereocenters. The Hall–Kier alpha value is -3.69. The number of benzene rings is 4. The van der Waals surface area contributed by atoms with Crippen molar-refractivity contribution in [2.24, 2.45) is 5.10 Å². The van der Waals surface area contributed by atoms with Crippen molar-refractivity contribution in [3.05, 3.63) is 124 Å². The summed E-state index contributed by atoms with van der Waals surface area (Å²) in [6, 6.07) is 29.5. The number of sulfonamides is 1. The number of nitrogens with one attached hydrogen (secondary N) is 1. The average Bonchev–Trinajstić information content (AvgIpc) is 2.91. The van der Waals surface area contributed by atoms with Crippen LogP contribution < -0.4 is 10.2 Å². The quantitative estimate of drug-likeness (QED) is 0.184. The van der Waals surface area contributed by atoms with Crippen molar-refractivity contribution in [2.75, 3.05) is 6.54 Å². The lowest BCUT2D eigenvalue weighted by atomic mass is 10.2. The van der Waals surface area contributed by atoms with E-state index < -0.39 is 22.5 Å². The maximum Gasteiger partial charge on any atom is 0.255 e. The van der Waals surface area contributed by atoms with Crippen molar-refractivity contribution < 1.29 is 17.9 Å². The Morgan fingerprint density at radius 3 is 2.29 bits per heavy atom. The lowest BCUT2D eigenvalue weighted by molar-refractivity contribution is -0.121. The number of halogens is 2. The van der Waals surface area contributed by atoms with Crippen LogP contribution >= 0.6 is 23.2 Å². The summed E-state index contributed by atoms with van der Waals surface area (Å²) in [5.41, 5.74) is 3.76. The summed E-state index contributed by atoms with van der Waals surface area (Å²) in [6.45, 7) is -0.545. The van der Waals surface area contributed by atoms with E-state index >= 15 is 0 Å². The average molecular weight is 568 g/mol. The van der Waals surface area contributed by atoms with Crippen LogP contribution in [0.5, 0.6) is 11.5 Å². The highest BCUT2D eigenvalue weighted by atomic mass is 35.5. The van der Waals surface area contributed by atoms with Gasteiger partial charge in [0.2, 0.25) is 10.0 Å². The van der Waals surface area contributed by atoms with E-state index in [0.717, 1.165) is 4.31 Å². The molecule has 0 bridgehead atoms. The Labute approximate surface area is 231 Å². The highest BCUT2D eigenvalue weighted by molar-refractivity contribution is 7.89. The molecule has 0 fully saturated rings. The molecular weight excluding hydrogens is 545 g/mol. The van der Waals surface area contributed by atoms with E-state index in [9.17, 15) is 13.2 Å². The fourth-order valence-electron chi connectivity index (χ4n) is 3.48. The molecule has 0 radical (unpaired) electrons. The molecule has 4 aromatic carbocycles. The van der Waals surface area contributed by atoms with E-state index in [1.165, 1.54) is 24.4 Å². The normalized spacial score (nSPS) is 11.6. The fraction of sp³-hybridized carbons (Fsp3) is 0.0714. The summed E-state index contributed by atoms with van der Waals surface area (Å²) in [5, 5.41) is 4.20. The molecule has 1 amide bonds. The highest BCUT2D eigenvalue weighted by Gasteiger charge is 2.29. The van der Waals surface area contributed by atoms with E-state index in [1.807, 2.05) is 36.4 Å². The first-order chi connectivity index (χ1) is 18.3. The maximum absolute atomic E-state index is 13.5. The van der Waals surface area contributed by atoms with Gasteiger partial charge in [0.1, 0.15) is 16.4 Å². The van der Waals surface area contributed by atoms with Crippen LogP contribution in [0.25, 0.3) is 0 Å². The van der Waals surface area contributed by atoms with Crippen LogP contribution in [0.4, 0.5) is 0 Å². The second-order valence-corrected chi connectivity index (χ2v) is 10.9. The topological polar surface area (TPSA) is 88.1 Å². The van der Waals surface area contributed by atoms with Gasteiger partial charge < -0.3 is 4.74 Å². The lowest BCUT2D eigenvalue weighted by Crippen LogP contribution is -2.39. The predicted octanol–water partition coefficient (Wildman–Crippen LogP) is 6.13. The van der Waals surface area contributed by atoms with Crippen molar-refractivity contribution in [1.82, 2.24) is 9.73 Å². The van der Waals surface area contributed by atoms with Gasteiger partial charge in [0.05, 0.1) is 17.8 Å². The van der Waals surface area contributed by atoms with E-state index in [-0.39, 0.29) is 21.5 Å². The van der Waals surface area contributed by atoms with Gasteiger partial charge in [-0.05, 0) is 53.6 Å². The third-order valence-corrected chi connectivity index (χ3v) is 7.78. The van der Waals surface area contributed by atoms with Gasteiger partial charge in [0.15, 0.2) is 0 Å². The van der Waals surface area contributed by atoms with Gasteiger partial charge in [0.25, 0.3) is 5.91 Å². The van der Waals surface area contributed by atoms with Gasteiger partial charge in [-0.25, -0.2) is 13.8 Å². The largest absolute Gasteiger partial charge is 0.457 e. The first-order valence-electron chi connectivity index (χ1n) is 11.5. The van der Waals surface area contributed by atoms with Crippen LogP contribution in [0.3, 0.4) is 0 Å². The number of hydrogen-bond acceptors (Lipinski definition) is 5. The summed E-state index contributed by atoms with van der Waals surface area (Å²) in [4.78, 5) is 12.6. The molecule has 0 aliphatic carbocycles. The number of para-hydroxylation sites is 1. The Morgan fingerprint density at radius 2 is 1.55 bits per heavy atom. The minimum atomic E-state index is -4.17. The molecule has 4 rings (SSSR count). The summed E-state index contributed by atoms with van der Waals surface area (Å²) in [7, 11) is -4.17. The van der Waals surface area contributed by atoms with Crippen molar-refractivity contribution in [1.29, 1.82) is 0 Å². The molecule has 1 N–H and O–H groups in total. The summed E-state index contributed by atoms with van der Waals surface area (Å²) in [6.07, 6.45) is 1.44. The summed E-state index contributed by atoms with van der Waals surface area (Å²) >= 11 is 12.2. The monoisotopic (exact) mass is 567 g/mol. The number of ether oxygens (including phenoxy) is 1. The van der Waals surface area contributed by atoms with Gasteiger partial charge >= 0.3 is 0 Å². The SMILES string of the molecule is O=C(CN(Cc1ccccc1)S(=O)(=O)c1cc(Cl)ccc1Cl)N/N=C\c1cccc(Oc2ccccc2)c1. The lowest BCUT2D eigenvalue weighted by Gasteiger charge is -2.22. The van der Waals surface area contributed by atoms with Crippen LogP contribution in [-0.2, 0) is 21.4 Å². The van der Waals surface area contributed by atoms with Crippen LogP contribution in [0.2, 0.25) is 10.0 Å². The van der Waals surface area contributed by atoms with Crippen LogP contribution in [-0.4, -0.2) is 31.4 Å². The maximum atomic E-state index is 13.5. The Morgan fingerprint density at radius 1 is 0.868 bits per heavy atom. The standard InChI is InChI=1S/C28H23Cl2N3O4S/c29-23-14-15-26(30)27(17-23)38(35,36)33(19-21-8-3-1-4-9-21)20-28(34)32-31-18-22-10-7-13-25(16-22)37-24-11-5-2-6-12-24/h1-18H,19-20H2,(H,32,34)/b31-18-. The molecule has 38 heavy (non-hydrogen) atoms. The summed E-state index contributed by atoms with van der Waals surface area (Å²) in [5.74, 6) is 0.662. The van der Waals surface area contributed by atoms with Gasteiger partial charge in [-0.2, -0.15) is 9.41 Å². The number of carbonyl (C=O) groups excluding carboxylic acids is 1. The molecule has 7 nitrogen and oxygen atoms in total. The molecule has 0 aromatic heterocycles. The number of carbonyl (C=O) groups is 1. The molecule has 4 aromatic rings. The van der Waals surface area contributed by atoms with Crippen molar-refractivity contribution in [3.63, 3.8) is 0 Å². The molecule has 0 aliphatic heterocycles. The molecule has 0 unspecified atom stereocenters. The van der Waals surface area contributed by atoms with E-state index in [4.69, 9.17) is 27.9 Å². The van der Waals surface area contributed by atoms with Gasteiger partial charge in [-0.3, -0.25) is 4.79 Å². The predicted molar refractivity (Wildman–Crippen MR) is 149 cm³/mol. The smallest absolute Gasteiger partial charge is 0.255 e. The van der Waals surface area contributed by atoms with Crippen molar-refractivity contribution >= 4 is 45.3 Å². The highest BCUT2D eigenvalue weighted by Crippen LogP contribution is 2.28. The van der Waals surface area contributed by atoms with Crippen LogP contribution in [0.15, 0.2) is 113 Å². The van der Waals surface area contributed by atoms with Crippen molar-refractivity contribution in [3.8, 4) is 11.5 Å². The minimum absolute atomic E-state index is 0.00324. The number of amides is 1. The van der Waals surface area contributed by atoms with E-state index in [0.29, 0.717) is 22.6 Å². The minimum Gasteiger partial charge on any atom is -0.457 e. The zero-order chi connectivity index (χ0) is 27.0. The molecule has 0 heterocycles. The molecule has 0 saturated heterocycles. The third kappa shape index (κ3) is 7.43. The van der Waals surface area contributed by atoms with Gasteiger partial charge in [-0.1, -0.05) is 83.9 Å². The van der Waals surface area contributed by atoms with E-state index in [1.54, 1.807) is 48.5 Å². The molecular formula is C28H23Cl2N3O4S. The van der Waals surface area contributed by atoms with Crippen molar-refractivity contribution in [2.45, 2.75) is 11.4 Å². The zero-order valence-electron chi connectivity index (χ0n) is 20.0. The van der Waals surface area contributed by atoms with Crippen LogP contribution in [0.1, 0.15) is 11.1 Å². The number of hydrazone groups is 1. The van der Waals surface area contributed by atoms with Crippen LogP contribution in [0, 0.1) is 0 Å². The van der Waals surface area contributed by atoms with Gasteiger partial charge in [0, 0.05) is 11.6 Å². The fourth-order valence-corrected chi connectivity index (χ4v) is 5.61. The number of nitrogens with zero attached hydrogens (tertiary/aromatic N) is 2. The molecule has 0 aliphatic rings.